The summed E-state index contributed by atoms with van der Waals surface area (Å²) >= 11 is 0. The largest absolute Gasteiger partial charge is 0.390 e. The molecule has 9 nitrogen and oxygen atoms in total. The Morgan fingerprint density at radius 3 is 2.22 bits per heavy atom. The Balaban J connectivity index is 1.94. The molecule has 2 aliphatic rings. The Hall–Kier alpha value is -1.81. The molecule has 0 radical (unpaired) electrons. The maximum atomic E-state index is 12.1. The van der Waals surface area contributed by atoms with Gasteiger partial charge in [0.15, 0.2) is 0 Å². The Morgan fingerprint density at radius 2 is 1.74 bits per heavy atom. The molecule has 0 aromatic rings. The third-order valence-corrected chi connectivity index (χ3v) is 4.15. The third-order valence-electron chi connectivity index (χ3n) is 4.15. The highest BCUT2D eigenvalue weighted by atomic mass is 16.4. The predicted octanol–water partition coefficient (Wildman–Crippen LogP) is -2.98. The Bertz CT molecular complexity index is 517. The zero-order chi connectivity index (χ0) is 17.4. The van der Waals surface area contributed by atoms with Gasteiger partial charge in [0.05, 0.1) is 18.2 Å². The van der Waals surface area contributed by atoms with E-state index in [1.165, 1.54) is 0 Å². The highest BCUT2D eigenvalue weighted by Crippen LogP contribution is 2.29. The Morgan fingerprint density at radius 1 is 1.26 bits per heavy atom. The quantitative estimate of drug-likeness (QED) is 0.346. The summed E-state index contributed by atoms with van der Waals surface area (Å²) in [5, 5.41) is 41.3. The van der Waals surface area contributed by atoms with Gasteiger partial charge in [0.1, 0.15) is 11.7 Å². The molecule has 1 fully saturated rings. The first-order valence-electron chi connectivity index (χ1n) is 7.26. The molecule has 1 saturated carbocycles. The second kappa shape index (κ2) is 6.36. The summed E-state index contributed by atoms with van der Waals surface area (Å²) in [6.07, 6.45) is -2.88. The van der Waals surface area contributed by atoms with E-state index in [-0.39, 0.29) is 6.54 Å². The number of carbonyl (C=O) groups excluding carboxylic acids is 3. The van der Waals surface area contributed by atoms with Crippen LogP contribution in [0.4, 0.5) is 0 Å². The van der Waals surface area contributed by atoms with E-state index in [4.69, 9.17) is 0 Å². The summed E-state index contributed by atoms with van der Waals surface area (Å²) in [5.74, 6) is -1.81. The number of hydrogen-bond donors (Lipinski definition) is 5. The number of amides is 3. The van der Waals surface area contributed by atoms with Gasteiger partial charge in [-0.3, -0.25) is 19.3 Å². The Kier molecular flexibility index (Phi) is 4.85. The average molecular weight is 328 g/mol. The molecular weight excluding hydrogens is 308 g/mol. The maximum absolute atomic E-state index is 12.1. The van der Waals surface area contributed by atoms with Crippen molar-refractivity contribution in [1.82, 2.24) is 10.2 Å². The number of aliphatic hydroxyl groups excluding tert-OH is 3. The molecule has 0 aromatic carbocycles. The standard InChI is InChI=1S/C14H20N2O7/c1-7(16-10(19)2-3-11(16)20)6-15-13(22)14(23)4-8(17)12(21)9(18)5-14/h2-3,7-9,12,17-18,21,23H,4-6H2,1H3,(H,15,22). The van der Waals surface area contributed by atoms with E-state index < -0.39 is 60.5 Å². The molecule has 23 heavy (non-hydrogen) atoms. The van der Waals surface area contributed by atoms with Crippen LogP contribution in [0, 0.1) is 0 Å². The van der Waals surface area contributed by atoms with Crippen molar-refractivity contribution in [3.8, 4) is 0 Å². The number of hydrogen-bond acceptors (Lipinski definition) is 7. The van der Waals surface area contributed by atoms with E-state index in [0.29, 0.717) is 0 Å². The molecule has 3 atom stereocenters. The van der Waals surface area contributed by atoms with E-state index in [0.717, 1.165) is 17.1 Å². The van der Waals surface area contributed by atoms with Gasteiger partial charge in [-0.05, 0) is 6.92 Å². The van der Waals surface area contributed by atoms with Crippen LogP contribution in [0.2, 0.25) is 0 Å². The van der Waals surface area contributed by atoms with Crippen molar-refractivity contribution in [1.29, 1.82) is 0 Å². The van der Waals surface area contributed by atoms with E-state index in [2.05, 4.69) is 5.32 Å². The van der Waals surface area contributed by atoms with Crippen LogP contribution in [0.1, 0.15) is 19.8 Å². The van der Waals surface area contributed by atoms with Gasteiger partial charge in [-0.1, -0.05) is 0 Å². The molecule has 3 unspecified atom stereocenters. The van der Waals surface area contributed by atoms with Crippen LogP contribution in [0.3, 0.4) is 0 Å². The van der Waals surface area contributed by atoms with E-state index in [1.807, 2.05) is 0 Å². The molecular formula is C14H20N2O7. The van der Waals surface area contributed by atoms with Crippen LogP contribution in [-0.4, -0.2) is 79.5 Å². The molecule has 5 N–H and O–H groups in total. The topological polar surface area (TPSA) is 147 Å². The minimum Gasteiger partial charge on any atom is -0.390 e. The molecule has 1 aliphatic carbocycles. The summed E-state index contributed by atoms with van der Waals surface area (Å²) in [4.78, 5) is 36.1. The summed E-state index contributed by atoms with van der Waals surface area (Å²) in [7, 11) is 0. The minimum absolute atomic E-state index is 0.0882. The first kappa shape index (κ1) is 17.5. The lowest BCUT2D eigenvalue weighted by molar-refractivity contribution is -0.173. The second-order valence-corrected chi connectivity index (χ2v) is 6.00. The number of aliphatic hydroxyl groups is 4. The van der Waals surface area contributed by atoms with Crippen molar-refractivity contribution in [2.75, 3.05) is 6.54 Å². The fourth-order valence-electron chi connectivity index (χ4n) is 2.80. The van der Waals surface area contributed by atoms with Crippen LogP contribution >= 0.6 is 0 Å². The van der Waals surface area contributed by atoms with Crippen LogP contribution < -0.4 is 5.32 Å². The van der Waals surface area contributed by atoms with Gasteiger partial charge in [0.25, 0.3) is 17.7 Å². The normalized spacial score (nSPS) is 35.5. The predicted molar refractivity (Wildman–Crippen MR) is 75.7 cm³/mol. The van der Waals surface area contributed by atoms with E-state index in [9.17, 15) is 34.8 Å². The van der Waals surface area contributed by atoms with Gasteiger partial charge in [-0.25, -0.2) is 0 Å². The molecule has 128 valence electrons. The second-order valence-electron chi connectivity index (χ2n) is 6.00. The highest BCUT2D eigenvalue weighted by Gasteiger charge is 2.48. The van der Waals surface area contributed by atoms with Crippen molar-refractivity contribution in [3.05, 3.63) is 12.2 Å². The monoisotopic (exact) mass is 328 g/mol. The average Bonchev–Trinajstić information content (AvgIpc) is 2.81. The number of nitrogens with one attached hydrogen (secondary N) is 1. The van der Waals surface area contributed by atoms with Crippen LogP contribution in [-0.2, 0) is 14.4 Å². The molecule has 0 bridgehead atoms. The lowest BCUT2D eigenvalue weighted by Crippen LogP contribution is -2.60. The number of carbonyl (C=O) groups is 3. The SMILES string of the molecule is CC(CNC(=O)C1(O)CC(O)C(O)C(O)C1)N1C(=O)C=CC1=O. The summed E-state index contributed by atoms with van der Waals surface area (Å²) < 4.78 is 0. The number of rotatable bonds is 4. The molecule has 2 rings (SSSR count). The summed E-state index contributed by atoms with van der Waals surface area (Å²) in [6, 6.07) is -0.624. The molecule has 3 amide bonds. The van der Waals surface area contributed by atoms with Crippen LogP contribution in [0.25, 0.3) is 0 Å². The maximum Gasteiger partial charge on any atom is 0.253 e. The highest BCUT2D eigenvalue weighted by molar-refractivity contribution is 6.13. The van der Waals surface area contributed by atoms with Crippen molar-refractivity contribution >= 4 is 17.7 Å². The summed E-state index contributed by atoms with van der Waals surface area (Å²) in [6.45, 7) is 1.47. The first-order valence-corrected chi connectivity index (χ1v) is 7.26. The first-order chi connectivity index (χ1) is 10.7. The molecule has 1 heterocycles. The minimum atomic E-state index is -2.03. The van der Waals surface area contributed by atoms with Crippen molar-refractivity contribution in [2.45, 2.75) is 49.7 Å². The molecule has 1 aliphatic heterocycles. The van der Waals surface area contributed by atoms with Gasteiger partial charge in [-0.15, -0.1) is 0 Å². The molecule has 0 aromatic heterocycles. The zero-order valence-corrected chi connectivity index (χ0v) is 12.5. The molecule has 0 saturated heterocycles. The van der Waals surface area contributed by atoms with Crippen molar-refractivity contribution < 1.29 is 34.8 Å². The molecule has 9 heteroatoms. The van der Waals surface area contributed by atoms with Crippen LogP contribution in [0.5, 0.6) is 0 Å². The van der Waals surface area contributed by atoms with Crippen LogP contribution in [0.15, 0.2) is 12.2 Å². The Labute approximate surface area is 132 Å². The fraction of sp³-hybridized carbons (Fsp3) is 0.643. The van der Waals surface area contributed by atoms with E-state index >= 15 is 0 Å². The van der Waals surface area contributed by atoms with Gasteiger partial charge in [0.2, 0.25) is 0 Å². The zero-order valence-electron chi connectivity index (χ0n) is 12.5. The lowest BCUT2D eigenvalue weighted by atomic mass is 9.79. The van der Waals surface area contributed by atoms with Crippen molar-refractivity contribution in [2.24, 2.45) is 0 Å². The summed E-state index contributed by atoms with van der Waals surface area (Å²) in [5.41, 5.74) is -2.03. The van der Waals surface area contributed by atoms with E-state index in [1.54, 1.807) is 6.92 Å². The fourth-order valence-corrected chi connectivity index (χ4v) is 2.80. The number of imide groups is 1. The van der Waals surface area contributed by atoms with Crippen molar-refractivity contribution in [3.63, 3.8) is 0 Å². The number of nitrogens with zero attached hydrogens (tertiary/aromatic N) is 1. The lowest BCUT2D eigenvalue weighted by Gasteiger charge is -2.39. The third kappa shape index (κ3) is 3.42. The smallest absolute Gasteiger partial charge is 0.253 e. The van der Waals surface area contributed by atoms with Gasteiger partial charge >= 0.3 is 0 Å². The van der Waals surface area contributed by atoms with Gasteiger partial charge in [0, 0.05) is 31.5 Å². The molecule has 0 spiro atoms. The van der Waals surface area contributed by atoms with Gasteiger partial charge in [-0.2, -0.15) is 0 Å². The van der Waals surface area contributed by atoms with Gasteiger partial charge < -0.3 is 25.7 Å².